The molecular weight excluding hydrogens is 292 g/mol. The molecule has 1 aromatic rings. The lowest BCUT2D eigenvalue weighted by atomic mass is 10.1. The maximum Gasteiger partial charge on any atom is 0.411 e. The van der Waals surface area contributed by atoms with E-state index in [0.29, 0.717) is 5.69 Å². The van der Waals surface area contributed by atoms with Gasteiger partial charge in [0.15, 0.2) is 0 Å². The van der Waals surface area contributed by atoms with E-state index in [1.807, 2.05) is 0 Å². The van der Waals surface area contributed by atoms with Gasteiger partial charge in [-0.25, -0.2) is 4.79 Å². The first-order chi connectivity index (χ1) is 10.4. The fraction of sp³-hybridized carbons (Fsp3) is 0.357. The molecule has 8 nitrogen and oxygen atoms in total. The highest BCUT2D eigenvalue weighted by Crippen LogP contribution is 2.48. The number of amides is 1. The molecular formula is C14H16N2O6. The second-order valence-electron chi connectivity index (χ2n) is 5.06. The number of anilines is 1. The van der Waals surface area contributed by atoms with E-state index in [9.17, 15) is 14.4 Å². The number of carboxylic acids is 2. The number of nitrogens with two attached hydrogens (primary N) is 1. The van der Waals surface area contributed by atoms with Gasteiger partial charge < -0.3 is 20.7 Å². The number of nitrogens with one attached hydrogen (secondary N) is 1. The maximum atomic E-state index is 11.6. The lowest BCUT2D eigenvalue weighted by molar-refractivity contribution is -0.140. The van der Waals surface area contributed by atoms with Gasteiger partial charge in [-0.3, -0.25) is 14.9 Å². The Bertz CT molecular complexity index is 576. The number of carbonyl (C=O) groups excluding carboxylic acids is 1. The van der Waals surface area contributed by atoms with Crippen LogP contribution in [0.1, 0.15) is 0 Å². The topological polar surface area (TPSA) is 139 Å². The largest absolute Gasteiger partial charge is 0.481 e. The second-order valence-corrected chi connectivity index (χ2v) is 5.06. The van der Waals surface area contributed by atoms with Crippen LogP contribution < -0.4 is 11.1 Å². The molecule has 2 rings (SSSR count). The summed E-state index contributed by atoms with van der Waals surface area (Å²) < 4.78 is 4.95. The number of ether oxygens (including phenoxy) is 1. The SMILES string of the molecule is N[C@H](C(=O)O)[C@H]1[C@@H](COC(=O)Nc2ccccc2)[C@@H]1C(=O)O. The fourth-order valence-corrected chi connectivity index (χ4v) is 2.46. The standard InChI is InChI=1S/C14H16N2O6/c15-11(13(19)20)9-8(10(9)12(17)18)6-22-14(21)16-7-4-2-1-3-5-7/h1-5,8-11H,6,15H2,(H,16,21)(H,17,18)(H,19,20)/t8-,9+,10+,11+/m1/s1. The second kappa shape index (κ2) is 6.44. The van der Waals surface area contributed by atoms with Crippen LogP contribution in [0.25, 0.3) is 0 Å². The molecule has 0 heterocycles. The van der Waals surface area contributed by atoms with Crippen molar-refractivity contribution in [1.29, 1.82) is 0 Å². The lowest BCUT2D eigenvalue weighted by Gasteiger charge is -2.07. The average molecular weight is 308 g/mol. The average Bonchev–Trinajstić information content (AvgIpc) is 3.19. The number of carboxylic acid groups (broad SMARTS) is 2. The third kappa shape index (κ3) is 3.53. The van der Waals surface area contributed by atoms with Gasteiger partial charge in [-0.15, -0.1) is 0 Å². The van der Waals surface area contributed by atoms with Crippen LogP contribution in [-0.2, 0) is 14.3 Å². The smallest absolute Gasteiger partial charge is 0.411 e. The van der Waals surface area contributed by atoms with Crippen LogP contribution in [0.2, 0.25) is 0 Å². The number of hydrogen-bond acceptors (Lipinski definition) is 5. The summed E-state index contributed by atoms with van der Waals surface area (Å²) in [4.78, 5) is 33.5. The molecule has 0 saturated heterocycles. The zero-order valence-electron chi connectivity index (χ0n) is 11.5. The molecule has 0 bridgehead atoms. The fourth-order valence-electron chi connectivity index (χ4n) is 2.46. The molecule has 1 aliphatic carbocycles. The van der Waals surface area contributed by atoms with Gasteiger partial charge in [0.05, 0.1) is 12.5 Å². The monoisotopic (exact) mass is 308 g/mol. The molecule has 1 fully saturated rings. The van der Waals surface area contributed by atoms with E-state index in [0.717, 1.165) is 0 Å². The first-order valence-electron chi connectivity index (χ1n) is 6.62. The normalized spacial score (nSPS) is 24.1. The molecule has 22 heavy (non-hydrogen) atoms. The zero-order valence-corrected chi connectivity index (χ0v) is 11.5. The predicted molar refractivity (Wildman–Crippen MR) is 75.1 cm³/mol. The highest BCUT2D eigenvalue weighted by Gasteiger charge is 2.60. The Hall–Kier alpha value is -2.61. The Labute approximate surface area is 125 Å². The van der Waals surface area contributed by atoms with Gasteiger partial charge in [0, 0.05) is 17.5 Å². The molecule has 4 atom stereocenters. The van der Waals surface area contributed by atoms with Crippen molar-refractivity contribution in [2.24, 2.45) is 23.5 Å². The minimum Gasteiger partial charge on any atom is -0.481 e. The Kier molecular flexibility index (Phi) is 4.62. The third-order valence-electron chi connectivity index (χ3n) is 3.64. The maximum absolute atomic E-state index is 11.6. The van der Waals surface area contributed by atoms with E-state index < -0.39 is 41.8 Å². The van der Waals surface area contributed by atoms with E-state index in [2.05, 4.69) is 5.32 Å². The summed E-state index contributed by atoms with van der Waals surface area (Å²) >= 11 is 0. The van der Waals surface area contributed by atoms with Crippen LogP contribution in [0.5, 0.6) is 0 Å². The van der Waals surface area contributed by atoms with Crippen molar-refractivity contribution in [2.45, 2.75) is 6.04 Å². The Morgan fingerprint density at radius 1 is 1.23 bits per heavy atom. The first-order valence-corrected chi connectivity index (χ1v) is 6.62. The van der Waals surface area contributed by atoms with Gasteiger partial charge in [0.1, 0.15) is 6.04 Å². The molecule has 1 amide bonds. The molecule has 5 N–H and O–H groups in total. The van der Waals surface area contributed by atoms with Crippen molar-refractivity contribution in [1.82, 2.24) is 0 Å². The molecule has 0 radical (unpaired) electrons. The molecule has 1 aliphatic rings. The van der Waals surface area contributed by atoms with Crippen LogP contribution in [0.4, 0.5) is 10.5 Å². The van der Waals surface area contributed by atoms with Gasteiger partial charge in [-0.2, -0.15) is 0 Å². The minimum atomic E-state index is -1.29. The quantitative estimate of drug-likeness (QED) is 0.603. The Balaban J connectivity index is 1.86. The molecule has 0 aliphatic heterocycles. The van der Waals surface area contributed by atoms with Crippen molar-refractivity contribution in [3.8, 4) is 0 Å². The van der Waals surface area contributed by atoms with Crippen LogP contribution in [0.15, 0.2) is 30.3 Å². The van der Waals surface area contributed by atoms with E-state index in [1.165, 1.54) is 0 Å². The van der Waals surface area contributed by atoms with Gasteiger partial charge in [-0.05, 0) is 12.1 Å². The summed E-state index contributed by atoms with van der Waals surface area (Å²) in [5.74, 6) is -4.65. The molecule has 0 spiro atoms. The van der Waals surface area contributed by atoms with Crippen molar-refractivity contribution < 1.29 is 29.3 Å². The Morgan fingerprint density at radius 2 is 1.86 bits per heavy atom. The first kappa shape index (κ1) is 15.8. The lowest BCUT2D eigenvalue weighted by Crippen LogP contribution is -2.34. The molecule has 1 aromatic carbocycles. The summed E-state index contributed by atoms with van der Waals surface area (Å²) in [5.41, 5.74) is 5.99. The summed E-state index contributed by atoms with van der Waals surface area (Å²) in [7, 11) is 0. The number of benzene rings is 1. The summed E-state index contributed by atoms with van der Waals surface area (Å²) in [6.45, 7) is -0.193. The van der Waals surface area contributed by atoms with E-state index >= 15 is 0 Å². The molecule has 8 heteroatoms. The molecule has 0 aromatic heterocycles. The Morgan fingerprint density at radius 3 is 2.41 bits per heavy atom. The van der Waals surface area contributed by atoms with Crippen molar-refractivity contribution >= 4 is 23.7 Å². The number of aliphatic carboxylic acids is 2. The molecule has 1 saturated carbocycles. The van der Waals surface area contributed by atoms with E-state index in [4.69, 9.17) is 20.7 Å². The van der Waals surface area contributed by atoms with Crippen LogP contribution in [-0.4, -0.2) is 40.9 Å². The van der Waals surface area contributed by atoms with Gasteiger partial charge in [0.2, 0.25) is 0 Å². The summed E-state index contributed by atoms with van der Waals surface area (Å²) in [6, 6.07) is 7.31. The van der Waals surface area contributed by atoms with Gasteiger partial charge >= 0.3 is 18.0 Å². The zero-order chi connectivity index (χ0) is 16.3. The number of rotatable bonds is 6. The molecule has 118 valence electrons. The van der Waals surface area contributed by atoms with Gasteiger partial charge in [-0.1, -0.05) is 18.2 Å². The van der Waals surface area contributed by atoms with Gasteiger partial charge in [0.25, 0.3) is 0 Å². The van der Waals surface area contributed by atoms with Crippen molar-refractivity contribution in [3.63, 3.8) is 0 Å². The molecule has 0 unspecified atom stereocenters. The van der Waals surface area contributed by atoms with Crippen molar-refractivity contribution in [2.75, 3.05) is 11.9 Å². The minimum absolute atomic E-state index is 0.193. The van der Waals surface area contributed by atoms with E-state index in [-0.39, 0.29) is 6.61 Å². The third-order valence-corrected chi connectivity index (χ3v) is 3.64. The van der Waals surface area contributed by atoms with Crippen LogP contribution in [0, 0.1) is 17.8 Å². The van der Waals surface area contributed by atoms with Crippen molar-refractivity contribution in [3.05, 3.63) is 30.3 Å². The summed E-state index contributed by atoms with van der Waals surface area (Å²) in [6.07, 6.45) is -0.732. The summed E-state index contributed by atoms with van der Waals surface area (Å²) in [5, 5.41) is 20.3. The van der Waals surface area contributed by atoms with E-state index in [1.54, 1.807) is 30.3 Å². The van der Waals surface area contributed by atoms with Crippen LogP contribution in [0.3, 0.4) is 0 Å². The highest BCUT2D eigenvalue weighted by molar-refractivity contribution is 5.84. The number of para-hydroxylation sites is 1. The highest BCUT2D eigenvalue weighted by atomic mass is 16.5. The number of hydrogen-bond donors (Lipinski definition) is 4. The number of carbonyl (C=O) groups is 3. The van der Waals surface area contributed by atoms with Crippen LogP contribution >= 0.6 is 0 Å². The predicted octanol–water partition coefficient (Wildman–Crippen LogP) is 0.594.